The van der Waals surface area contributed by atoms with Crippen LogP contribution in [0.3, 0.4) is 0 Å². The molecule has 0 fully saturated rings. The molecule has 49 valence electrons. The summed E-state index contributed by atoms with van der Waals surface area (Å²) >= 11 is 0. The van der Waals surface area contributed by atoms with Crippen LogP contribution in [0, 0.1) is 6.92 Å². The first-order chi connectivity index (χ1) is 3.66. The van der Waals surface area contributed by atoms with Gasteiger partial charge >= 0.3 is 0 Å². The predicted molar refractivity (Wildman–Crippen MR) is 36.5 cm³/mol. The van der Waals surface area contributed by atoms with E-state index in [2.05, 4.69) is 11.8 Å². The molecular formula is C6H15N2. The number of hydrogen-bond acceptors (Lipinski definition) is 2. The van der Waals surface area contributed by atoms with Gasteiger partial charge in [-0.25, -0.2) is 0 Å². The Labute approximate surface area is 51.7 Å². The minimum absolute atomic E-state index is 0.241. The van der Waals surface area contributed by atoms with Crippen LogP contribution in [0.1, 0.15) is 6.42 Å². The van der Waals surface area contributed by atoms with Crippen molar-refractivity contribution in [3.8, 4) is 0 Å². The fourth-order valence-corrected chi connectivity index (χ4v) is 0.560. The highest BCUT2D eigenvalue weighted by atomic mass is 15.1. The Morgan fingerprint density at radius 2 is 2.12 bits per heavy atom. The van der Waals surface area contributed by atoms with Crippen molar-refractivity contribution in [3.63, 3.8) is 0 Å². The van der Waals surface area contributed by atoms with Gasteiger partial charge in [0.05, 0.1) is 0 Å². The molecule has 0 saturated heterocycles. The van der Waals surface area contributed by atoms with Gasteiger partial charge in [0.1, 0.15) is 0 Å². The number of nitrogens with zero attached hydrogens (tertiary/aromatic N) is 1. The molecule has 0 saturated carbocycles. The van der Waals surface area contributed by atoms with Gasteiger partial charge in [-0.15, -0.1) is 0 Å². The van der Waals surface area contributed by atoms with Crippen molar-refractivity contribution in [2.45, 2.75) is 12.5 Å². The molecule has 0 aliphatic carbocycles. The number of nitrogens with two attached hydrogens (primary N) is 1. The predicted octanol–water partition coefficient (Wildman–Crippen LogP) is 0.0995. The molecule has 0 heterocycles. The summed E-state index contributed by atoms with van der Waals surface area (Å²) in [6, 6.07) is 0.241. The summed E-state index contributed by atoms with van der Waals surface area (Å²) in [6.07, 6.45) is 0.818. The van der Waals surface area contributed by atoms with E-state index in [1.807, 2.05) is 14.1 Å². The smallest absolute Gasteiger partial charge is 0.0167 e. The highest BCUT2D eigenvalue weighted by molar-refractivity contribution is 4.64. The molecule has 0 rings (SSSR count). The van der Waals surface area contributed by atoms with E-state index in [1.165, 1.54) is 0 Å². The Balaban J connectivity index is 3.10. The highest BCUT2D eigenvalue weighted by Gasteiger charge is 1.97. The third-order valence-electron chi connectivity index (χ3n) is 0.970. The third kappa shape index (κ3) is 4.09. The van der Waals surface area contributed by atoms with E-state index < -0.39 is 0 Å². The average molecular weight is 115 g/mol. The molecule has 2 N–H and O–H groups in total. The molecule has 0 bridgehead atoms. The van der Waals surface area contributed by atoms with Gasteiger partial charge in [0.15, 0.2) is 0 Å². The van der Waals surface area contributed by atoms with E-state index in [-0.39, 0.29) is 6.04 Å². The normalized spacial score (nSPS) is 14.6. The molecule has 2 heteroatoms. The standard InChI is InChI=1S/C6H15N2/c1-4-6(7)5-8(2)3/h6H,1,4-5,7H2,2-3H3. The van der Waals surface area contributed by atoms with Gasteiger partial charge in [-0.05, 0) is 20.5 Å². The van der Waals surface area contributed by atoms with Gasteiger partial charge in [0, 0.05) is 12.6 Å². The van der Waals surface area contributed by atoms with E-state index in [9.17, 15) is 0 Å². The molecule has 1 radical (unpaired) electrons. The van der Waals surface area contributed by atoms with Crippen molar-refractivity contribution in [2.75, 3.05) is 20.6 Å². The van der Waals surface area contributed by atoms with E-state index >= 15 is 0 Å². The summed E-state index contributed by atoms with van der Waals surface area (Å²) in [5.74, 6) is 0. The first kappa shape index (κ1) is 7.92. The molecule has 0 aliphatic heterocycles. The van der Waals surface area contributed by atoms with E-state index in [1.54, 1.807) is 0 Å². The van der Waals surface area contributed by atoms with E-state index in [4.69, 9.17) is 5.73 Å². The van der Waals surface area contributed by atoms with Crippen molar-refractivity contribution < 1.29 is 0 Å². The molecule has 1 unspecified atom stereocenters. The van der Waals surface area contributed by atoms with Crippen LogP contribution in [0.2, 0.25) is 0 Å². The molecule has 2 nitrogen and oxygen atoms in total. The lowest BCUT2D eigenvalue weighted by Crippen LogP contribution is -2.32. The number of likely N-dealkylation sites (N-methyl/N-ethyl adjacent to an activating group) is 1. The van der Waals surface area contributed by atoms with Crippen LogP contribution in [-0.2, 0) is 0 Å². The number of hydrogen-bond donors (Lipinski definition) is 1. The van der Waals surface area contributed by atoms with E-state index in [0.29, 0.717) is 0 Å². The lowest BCUT2D eigenvalue weighted by Gasteiger charge is -2.13. The van der Waals surface area contributed by atoms with Crippen LogP contribution in [0.25, 0.3) is 0 Å². The van der Waals surface area contributed by atoms with Crippen LogP contribution in [-0.4, -0.2) is 31.6 Å². The second-order valence-electron chi connectivity index (χ2n) is 2.31. The largest absolute Gasteiger partial charge is 0.327 e. The van der Waals surface area contributed by atoms with Gasteiger partial charge < -0.3 is 10.6 Å². The second-order valence-corrected chi connectivity index (χ2v) is 2.31. The Kier molecular flexibility index (Phi) is 3.83. The van der Waals surface area contributed by atoms with Crippen LogP contribution in [0.4, 0.5) is 0 Å². The summed E-state index contributed by atoms with van der Waals surface area (Å²) < 4.78 is 0. The zero-order chi connectivity index (χ0) is 6.57. The second kappa shape index (κ2) is 3.87. The Morgan fingerprint density at radius 1 is 1.62 bits per heavy atom. The van der Waals surface area contributed by atoms with Crippen molar-refractivity contribution in [1.82, 2.24) is 4.90 Å². The molecule has 1 atom stereocenters. The molecule has 0 aliphatic rings. The molecule has 0 aromatic heterocycles. The van der Waals surface area contributed by atoms with E-state index in [0.717, 1.165) is 13.0 Å². The highest BCUT2D eigenvalue weighted by Crippen LogP contribution is 1.85. The van der Waals surface area contributed by atoms with Crippen LogP contribution in [0.15, 0.2) is 0 Å². The summed E-state index contributed by atoms with van der Waals surface area (Å²) in [7, 11) is 4.02. The first-order valence-corrected chi connectivity index (χ1v) is 2.86. The lowest BCUT2D eigenvalue weighted by molar-refractivity contribution is 0.373. The summed E-state index contributed by atoms with van der Waals surface area (Å²) in [5.41, 5.74) is 5.57. The average Bonchev–Trinajstić information content (AvgIpc) is 1.65. The van der Waals surface area contributed by atoms with Crippen LogP contribution < -0.4 is 5.73 Å². The Bertz CT molecular complexity index is 52.5. The van der Waals surface area contributed by atoms with Crippen LogP contribution >= 0.6 is 0 Å². The van der Waals surface area contributed by atoms with Gasteiger partial charge in [0.2, 0.25) is 0 Å². The zero-order valence-electron chi connectivity index (χ0n) is 5.72. The van der Waals surface area contributed by atoms with Crippen molar-refractivity contribution in [1.29, 1.82) is 0 Å². The van der Waals surface area contributed by atoms with Crippen molar-refractivity contribution in [2.24, 2.45) is 5.73 Å². The minimum atomic E-state index is 0.241. The van der Waals surface area contributed by atoms with Crippen molar-refractivity contribution >= 4 is 0 Å². The third-order valence-corrected chi connectivity index (χ3v) is 0.970. The molecule has 8 heavy (non-hydrogen) atoms. The molecule has 0 spiro atoms. The van der Waals surface area contributed by atoms with Gasteiger partial charge in [-0.2, -0.15) is 0 Å². The van der Waals surface area contributed by atoms with Gasteiger partial charge in [-0.1, -0.05) is 6.92 Å². The first-order valence-electron chi connectivity index (χ1n) is 2.86. The zero-order valence-corrected chi connectivity index (χ0v) is 5.72. The molecule has 0 amide bonds. The SMILES string of the molecule is [CH2]CC(N)CN(C)C. The van der Waals surface area contributed by atoms with Crippen molar-refractivity contribution in [3.05, 3.63) is 6.92 Å². The summed E-state index contributed by atoms with van der Waals surface area (Å²) in [5, 5.41) is 0. The Hall–Kier alpha value is -0.0800. The van der Waals surface area contributed by atoms with Crippen LogP contribution in [0.5, 0.6) is 0 Å². The topological polar surface area (TPSA) is 29.3 Å². The lowest BCUT2D eigenvalue weighted by atomic mass is 10.2. The maximum Gasteiger partial charge on any atom is 0.0167 e. The fraction of sp³-hybridized carbons (Fsp3) is 0.833. The Morgan fingerprint density at radius 3 is 2.25 bits per heavy atom. The fourth-order valence-electron chi connectivity index (χ4n) is 0.560. The molecule has 0 aromatic carbocycles. The quantitative estimate of drug-likeness (QED) is 0.565. The molecular weight excluding hydrogens is 100 g/mol. The summed E-state index contributed by atoms with van der Waals surface area (Å²) in [6.45, 7) is 4.62. The monoisotopic (exact) mass is 115 g/mol. The molecule has 0 aromatic rings. The summed E-state index contributed by atoms with van der Waals surface area (Å²) in [4.78, 5) is 2.07. The maximum atomic E-state index is 5.57. The van der Waals surface area contributed by atoms with Gasteiger partial charge in [0.25, 0.3) is 0 Å². The number of rotatable bonds is 3. The van der Waals surface area contributed by atoms with Gasteiger partial charge in [-0.3, -0.25) is 0 Å². The maximum absolute atomic E-state index is 5.57. The minimum Gasteiger partial charge on any atom is -0.327 e.